The summed E-state index contributed by atoms with van der Waals surface area (Å²) in [6.45, 7) is 4.58. The van der Waals surface area contributed by atoms with Crippen LogP contribution in [0.1, 0.15) is 168 Å². The minimum Gasteiger partial charge on any atom is -0.477 e. The maximum absolute atomic E-state index is 12.8. The lowest BCUT2D eigenvalue weighted by Gasteiger charge is -2.31. The first-order valence-corrected chi connectivity index (χ1v) is 24.5. The van der Waals surface area contributed by atoms with E-state index in [1.54, 1.807) is 0 Å². The van der Waals surface area contributed by atoms with Crippen LogP contribution < -0.4 is 0 Å². The van der Waals surface area contributed by atoms with Crippen LogP contribution >= 0.6 is 0 Å². The number of ether oxygens (including phenoxy) is 3. The van der Waals surface area contributed by atoms with Crippen molar-refractivity contribution in [3.05, 3.63) is 109 Å². The highest BCUT2D eigenvalue weighted by Gasteiger charge is 2.31. The average molecular weight is 877 g/mol. The number of quaternary nitrogens is 1. The predicted molar refractivity (Wildman–Crippen MR) is 266 cm³/mol. The number of carboxylic acids is 1. The molecule has 2 atom stereocenters. The number of esters is 2. The van der Waals surface area contributed by atoms with Crippen molar-refractivity contribution >= 4 is 17.9 Å². The Morgan fingerprint density at radius 3 is 1.41 bits per heavy atom. The summed E-state index contributed by atoms with van der Waals surface area (Å²) in [6.07, 6.45) is 61.3. The molecule has 0 bridgehead atoms. The van der Waals surface area contributed by atoms with Crippen LogP contribution in [-0.4, -0.2) is 80.6 Å². The van der Waals surface area contributed by atoms with Crippen molar-refractivity contribution in [2.24, 2.45) is 0 Å². The number of hydrogen-bond acceptors (Lipinski definition) is 6. The number of aliphatic carboxylic acids is 1. The molecular formula is C55H90NO7+. The molecule has 0 radical (unpaired) electrons. The summed E-state index contributed by atoms with van der Waals surface area (Å²) in [5.41, 5.74) is 0. The third-order valence-electron chi connectivity index (χ3n) is 10.2. The summed E-state index contributed by atoms with van der Waals surface area (Å²) in [5, 5.41) is 9.64. The maximum atomic E-state index is 12.8. The molecule has 0 aliphatic heterocycles. The van der Waals surface area contributed by atoms with Gasteiger partial charge in [0.15, 0.2) is 12.1 Å². The second kappa shape index (κ2) is 44.6. The monoisotopic (exact) mass is 877 g/mol. The van der Waals surface area contributed by atoms with Gasteiger partial charge in [-0.2, -0.15) is 0 Å². The van der Waals surface area contributed by atoms with Crippen LogP contribution in [0, 0.1) is 0 Å². The van der Waals surface area contributed by atoms with E-state index in [1.807, 2.05) is 27.2 Å². The summed E-state index contributed by atoms with van der Waals surface area (Å²) >= 11 is 0. The van der Waals surface area contributed by atoms with Gasteiger partial charge in [-0.05, 0) is 89.9 Å². The fraction of sp³-hybridized carbons (Fsp3) is 0.618. The molecule has 2 unspecified atom stereocenters. The Morgan fingerprint density at radius 1 is 0.492 bits per heavy atom. The number of carbonyl (C=O) groups excluding carboxylic acids is 2. The number of carbonyl (C=O) groups is 3. The van der Waals surface area contributed by atoms with Crippen LogP contribution in [-0.2, 0) is 28.6 Å². The van der Waals surface area contributed by atoms with Crippen LogP contribution in [0.15, 0.2) is 109 Å². The van der Waals surface area contributed by atoms with Gasteiger partial charge in [0.2, 0.25) is 0 Å². The molecule has 0 aromatic rings. The highest BCUT2D eigenvalue weighted by molar-refractivity contribution is 5.72. The summed E-state index contributed by atoms with van der Waals surface area (Å²) in [5.74, 6) is -1.57. The van der Waals surface area contributed by atoms with Crippen molar-refractivity contribution in [2.75, 3.05) is 41.0 Å². The van der Waals surface area contributed by atoms with E-state index in [0.29, 0.717) is 12.8 Å². The molecular weight excluding hydrogens is 787 g/mol. The summed E-state index contributed by atoms with van der Waals surface area (Å²) < 4.78 is 17.3. The van der Waals surface area contributed by atoms with Crippen LogP contribution in [0.3, 0.4) is 0 Å². The van der Waals surface area contributed by atoms with Gasteiger partial charge < -0.3 is 23.8 Å². The summed E-state index contributed by atoms with van der Waals surface area (Å²) in [7, 11) is 5.50. The van der Waals surface area contributed by atoms with Gasteiger partial charge in [-0.25, -0.2) is 4.79 Å². The molecule has 0 spiro atoms. The zero-order valence-electron chi connectivity index (χ0n) is 40.5. The molecule has 8 nitrogen and oxygen atoms in total. The SMILES string of the molecule is CCCCC/C=C/C=C/C=C/C=C/CCCCCCCC(=O)OC(COCCC(C(=O)O)[N+](C)(C)C)COC(=O)CCCC/C=C/C/C=C/C/C=C/C/C=C/C/C=C/CCCCC. The Kier molecular flexibility index (Phi) is 41.8. The van der Waals surface area contributed by atoms with Gasteiger partial charge in [-0.1, -0.05) is 168 Å². The van der Waals surface area contributed by atoms with Crippen molar-refractivity contribution in [3.63, 3.8) is 0 Å². The van der Waals surface area contributed by atoms with Crippen molar-refractivity contribution in [2.45, 2.75) is 180 Å². The van der Waals surface area contributed by atoms with Gasteiger partial charge >= 0.3 is 17.9 Å². The number of nitrogens with zero attached hydrogens (tertiary/aromatic N) is 1. The quantitative estimate of drug-likeness (QED) is 0.0214. The first-order chi connectivity index (χ1) is 30.6. The second-order valence-electron chi connectivity index (χ2n) is 17.1. The van der Waals surface area contributed by atoms with Crippen molar-refractivity contribution < 1.29 is 38.2 Å². The minimum absolute atomic E-state index is 0.0297. The molecule has 0 fully saturated rings. The first-order valence-electron chi connectivity index (χ1n) is 24.5. The van der Waals surface area contributed by atoms with Gasteiger partial charge in [0.05, 0.1) is 34.4 Å². The molecule has 0 amide bonds. The fourth-order valence-corrected chi connectivity index (χ4v) is 6.41. The largest absolute Gasteiger partial charge is 0.477 e. The average Bonchev–Trinajstić information content (AvgIpc) is 3.24. The lowest BCUT2D eigenvalue weighted by atomic mass is 10.1. The Bertz CT molecular complexity index is 1390. The second-order valence-corrected chi connectivity index (χ2v) is 17.1. The van der Waals surface area contributed by atoms with Crippen molar-refractivity contribution in [3.8, 4) is 0 Å². The fourth-order valence-electron chi connectivity index (χ4n) is 6.41. The van der Waals surface area contributed by atoms with Gasteiger partial charge in [-0.3, -0.25) is 9.59 Å². The molecule has 0 saturated carbocycles. The number of unbranched alkanes of at least 4 members (excludes halogenated alkanes) is 13. The zero-order chi connectivity index (χ0) is 46.3. The summed E-state index contributed by atoms with van der Waals surface area (Å²) in [4.78, 5) is 37.1. The van der Waals surface area contributed by atoms with Gasteiger partial charge in [-0.15, -0.1) is 0 Å². The van der Waals surface area contributed by atoms with Crippen LogP contribution in [0.25, 0.3) is 0 Å². The Balaban J connectivity index is 4.45. The van der Waals surface area contributed by atoms with Crippen LogP contribution in [0.4, 0.5) is 0 Å². The Hall–Kier alpha value is -4.01. The minimum atomic E-state index is -0.890. The molecule has 0 aromatic carbocycles. The normalized spacial score (nSPS) is 13.9. The molecule has 0 heterocycles. The predicted octanol–water partition coefficient (Wildman–Crippen LogP) is 14.0. The highest BCUT2D eigenvalue weighted by atomic mass is 16.6. The van der Waals surface area contributed by atoms with E-state index in [0.717, 1.165) is 83.5 Å². The molecule has 0 aliphatic carbocycles. The van der Waals surface area contributed by atoms with E-state index in [-0.39, 0.29) is 49.1 Å². The smallest absolute Gasteiger partial charge is 0.362 e. The van der Waals surface area contributed by atoms with Gasteiger partial charge in [0, 0.05) is 19.3 Å². The Morgan fingerprint density at radius 2 is 0.905 bits per heavy atom. The van der Waals surface area contributed by atoms with E-state index >= 15 is 0 Å². The number of allylic oxidation sites excluding steroid dienone is 18. The third-order valence-corrected chi connectivity index (χ3v) is 10.2. The van der Waals surface area contributed by atoms with Gasteiger partial charge in [0.1, 0.15) is 6.61 Å². The van der Waals surface area contributed by atoms with E-state index in [9.17, 15) is 19.5 Å². The lowest BCUT2D eigenvalue weighted by molar-refractivity contribution is -0.887. The third kappa shape index (κ3) is 43.0. The molecule has 8 heteroatoms. The molecule has 0 saturated heterocycles. The van der Waals surface area contributed by atoms with Crippen LogP contribution in [0.2, 0.25) is 0 Å². The standard InChI is InChI=1S/C55H89NO7/c1-6-8-10-12-14-16-18-20-22-24-26-27-28-30-31-33-35-37-39-41-43-45-53(57)62-50-51(49-61-48-47-52(55(59)60)56(3,4)5)63-54(58)46-44-42-40-38-36-34-32-29-25-23-21-19-17-15-13-11-9-7-2/h14-17,19-23,25-27,29-32,35,37,51-52H,6-13,18,24,28,33-34,36,38-50H2,1-5H3/p+1/b16-14+,17-15+,21-19+,22-20+,25-23+,27-26+,31-30+,32-29+,37-35+. The Labute approximate surface area is 385 Å². The number of carboxylic acid groups (broad SMARTS) is 1. The highest BCUT2D eigenvalue weighted by Crippen LogP contribution is 2.12. The summed E-state index contributed by atoms with van der Waals surface area (Å²) in [6, 6.07) is -0.634. The van der Waals surface area contributed by atoms with Crippen LogP contribution in [0.5, 0.6) is 0 Å². The molecule has 0 aromatic heterocycles. The molecule has 1 N–H and O–H groups in total. The number of likely N-dealkylation sites (N-methyl/N-ethyl adjacent to an activating group) is 1. The van der Waals surface area contributed by atoms with Crippen molar-refractivity contribution in [1.29, 1.82) is 0 Å². The maximum Gasteiger partial charge on any atom is 0.362 e. The van der Waals surface area contributed by atoms with Gasteiger partial charge in [0.25, 0.3) is 0 Å². The number of hydrogen-bond donors (Lipinski definition) is 1. The first kappa shape index (κ1) is 59.0. The van der Waals surface area contributed by atoms with E-state index in [4.69, 9.17) is 14.2 Å². The molecule has 0 aliphatic rings. The molecule has 356 valence electrons. The zero-order valence-corrected chi connectivity index (χ0v) is 40.5. The van der Waals surface area contributed by atoms with E-state index in [1.165, 1.54) is 44.9 Å². The van der Waals surface area contributed by atoms with E-state index in [2.05, 4.69) is 117 Å². The topological polar surface area (TPSA) is 99.1 Å². The molecule has 0 rings (SSSR count). The van der Waals surface area contributed by atoms with E-state index < -0.39 is 18.1 Å². The lowest BCUT2D eigenvalue weighted by Crippen LogP contribution is -2.50. The van der Waals surface area contributed by atoms with Crippen molar-refractivity contribution in [1.82, 2.24) is 0 Å². The molecule has 63 heavy (non-hydrogen) atoms. The number of rotatable bonds is 42.